The lowest BCUT2D eigenvalue weighted by atomic mass is 9.92. The molecule has 0 aliphatic carbocycles. The highest BCUT2D eigenvalue weighted by Gasteiger charge is 2.18. The Morgan fingerprint density at radius 3 is 2.48 bits per heavy atom. The van der Waals surface area contributed by atoms with Gasteiger partial charge in [-0.15, -0.1) is 0 Å². The predicted molar refractivity (Wildman–Crippen MR) is 110 cm³/mol. The van der Waals surface area contributed by atoms with E-state index in [1.54, 1.807) is 0 Å². The van der Waals surface area contributed by atoms with Crippen molar-refractivity contribution in [3.05, 3.63) is 47.5 Å². The number of fused-ring (bicyclic) bond motifs is 1. The van der Waals surface area contributed by atoms with Crippen molar-refractivity contribution >= 4 is 28.5 Å². The van der Waals surface area contributed by atoms with Gasteiger partial charge in [0.1, 0.15) is 11.4 Å². The third kappa shape index (κ3) is 4.51. The SMILES string of the molecule is CCCn1nc(-c2ccc(OC(=O)CC(C)(C)C)cc2)c2cccc(Cl)c21. The van der Waals surface area contributed by atoms with Gasteiger partial charge in [-0.25, -0.2) is 0 Å². The van der Waals surface area contributed by atoms with E-state index in [4.69, 9.17) is 21.4 Å². The molecule has 2 aromatic carbocycles. The summed E-state index contributed by atoms with van der Waals surface area (Å²) in [5, 5.41) is 6.50. The molecule has 0 bridgehead atoms. The van der Waals surface area contributed by atoms with Crippen LogP contribution in [0.25, 0.3) is 22.2 Å². The molecule has 0 saturated carbocycles. The monoisotopic (exact) mass is 384 g/mol. The zero-order chi connectivity index (χ0) is 19.6. The molecule has 1 aromatic heterocycles. The lowest BCUT2D eigenvalue weighted by Crippen LogP contribution is -2.17. The van der Waals surface area contributed by atoms with Crippen molar-refractivity contribution in [2.24, 2.45) is 5.41 Å². The van der Waals surface area contributed by atoms with Crippen LogP contribution in [0.3, 0.4) is 0 Å². The predicted octanol–water partition coefficient (Wildman–Crippen LogP) is 6.11. The fourth-order valence-electron chi connectivity index (χ4n) is 3.06. The maximum absolute atomic E-state index is 12.0. The summed E-state index contributed by atoms with van der Waals surface area (Å²) in [5.41, 5.74) is 2.71. The van der Waals surface area contributed by atoms with Gasteiger partial charge in [0.25, 0.3) is 0 Å². The molecule has 5 heteroatoms. The smallest absolute Gasteiger partial charge is 0.311 e. The van der Waals surface area contributed by atoms with Gasteiger partial charge in [0.05, 0.1) is 17.0 Å². The summed E-state index contributed by atoms with van der Waals surface area (Å²) in [6.45, 7) is 8.97. The van der Waals surface area contributed by atoms with Crippen molar-refractivity contribution in [2.45, 2.75) is 47.1 Å². The third-order valence-corrected chi connectivity index (χ3v) is 4.50. The fourth-order valence-corrected chi connectivity index (χ4v) is 3.33. The number of rotatable bonds is 5. The zero-order valence-electron chi connectivity index (χ0n) is 16.3. The number of aryl methyl sites for hydroxylation is 1. The second-order valence-electron chi connectivity index (χ2n) is 7.94. The minimum absolute atomic E-state index is 0.0959. The van der Waals surface area contributed by atoms with E-state index in [1.807, 2.05) is 67.9 Å². The van der Waals surface area contributed by atoms with Gasteiger partial charge < -0.3 is 4.74 Å². The maximum atomic E-state index is 12.0. The molecule has 0 spiro atoms. The van der Waals surface area contributed by atoms with E-state index in [0.29, 0.717) is 17.2 Å². The second kappa shape index (κ2) is 7.73. The number of benzene rings is 2. The molecule has 0 aliphatic heterocycles. The third-order valence-electron chi connectivity index (χ3n) is 4.19. The molecule has 0 fully saturated rings. The van der Waals surface area contributed by atoms with E-state index >= 15 is 0 Å². The Bertz CT molecular complexity index is 953. The lowest BCUT2D eigenvalue weighted by molar-refractivity contribution is -0.136. The highest BCUT2D eigenvalue weighted by Crippen LogP contribution is 2.33. The van der Waals surface area contributed by atoms with Crippen molar-refractivity contribution in [3.63, 3.8) is 0 Å². The first kappa shape index (κ1) is 19.4. The van der Waals surface area contributed by atoms with Gasteiger partial charge in [-0.2, -0.15) is 5.10 Å². The quantitative estimate of drug-likeness (QED) is 0.394. The van der Waals surface area contributed by atoms with Gasteiger partial charge in [0, 0.05) is 17.5 Å². The molecule has 142 valence electrons. The van der Waals surface area contributed by atoms with E-state index in [1.165, 1.54) is 0 Å². The van der Waals surface area contributed by atoms with Crippen LogP contribution in [0, 0.1) is 5.41 Å². The number of carbonyl (C=O) groups is 1. The van der Waals surface area contributed by atoms with Crippen LogP contribution in [-0.2, 0) is 11.3 Å². The number of halogens is 1. The van der Waals surface area contributed by atoms with Crippen molar-refractivity contribution in [1.29, 1.82) is 0 Å². The Kier molecular flexibility index (Phi) is 5.56. The summed E-state index contributed by atoms with van der Waals surface area (Å²) in [5.74, 6) is 0.322. The first-order chi connectivity index (χ1) is 12.8. The molecule has 0 atom stereocenters. The second-order valence-corrected chi connectivity index (χ2v) is 8.35. The molecule has 3 aromatic rings. The van der Waals surface area contributed by atoms with Crippen LogP contribution in [0.2, 0.25) is 5.02 Å². The number of aromatic nitrogens is 2. The van der Waals surface area contributed by atoms with Gasteiger partial charge in [0.2, 0.25) is 0 Å². The molecular weight excluding hydrogens is 360 g/mol. The number of hydrogen-bond donors (Lipinski definition) is 0. The number of hydrogen-bond acceptors (Lipinski definition) is 3. The van der Waals surface area contributed by atoms with Gasteiger partial charge in [-0.05, 0) is 42.2 Å². The van der Waals surface area contributed by atoms with Crippen LogP contribution in [0.4, 0.5) is 0 Å². The van der Waals surface area contributed by atoms with Crippen LogP contribution >= 0.6 is 11.6 Å². The number of para-hydroxylation sites is 1. The number of ether oxygens (including phenoxy) is 1. The first-order valence-electron chi connectivity index (χ1n) is 9.24. The summed E-state index contributed by atoms with van der Waals surface area (Å²) >= 11 is 6.42. The Morgan fingerprint density at radius 2 is 1.85 bits per heavy atom. The van der Waals surface area contributed by atoms with Crippen LogP contribution in [0.15, 0.2) is 42.5 Å². The molecule has 3 rings (SSSR count). The highest BCUT2D eigenvalue weighted by molar-refractivity contribution is 6.35. The molecule has 0 radical (unpaired) electrons. The minimum atomic E-state index is -0.222. The Hall–Kier alpha value is -2.33. The topological polar surface area (TPSA) is 44.1 Å². The Balaban J connectivity index is 1.89. The number of esters is 1. The molecule has 0 aliphatic rings. The van der Waals surface area contributed by atoms with E-state index in [-0.39, 0.29) is 11.4 Å². The molecule has 0 amide bonds. The Morgan fingerprint density at radius 1 is 1.15 bits per heavy atom. The molecular formula is C22H25ClN2O2. The zero-order valence-corrected chi connectivity index (χ0v) is 17.0. The van der Waals surface area contributed by atoms with Crippen molar-refractivity contribution in [3.8, 4) is 17.0 Å². The van der Waals surface area contributed by atoms with Crippen LogP contribution in [0.5, 0.6) is 5.75 Å². The minimum Gasteiger partial charge on any atom is -0.427 e. The largest absolute Gasteiger partial charge is 0.427 e. The average molecular weight is 385 g/mol. The standard InChI is InChI=1S/C22H25ClN2O2/c1-5-13-25-21-17(7-6-8-18(21)23)20(24-25)15-9-11-16(12-10-15)27-19(26)14-22(2,3)4/h6-12H,5,13-14H2,1-4H3. The molecule has 27 heavy (non-hydrogen) atoms. The summed E-state index contributed by atoms with van der Waals surface area (Å²) in [7, 11) is 0. The van der Waals surface area contributed by atoms with Crippen molar-refractivity contribution in [1.82, 2.24) is 9.78 Å². The van der Waals surface area contributed by atoms with Gasteiger partial charge >= 0.3 is 5.97 Å². The fraction of sp³-hybridized carbons (Fsp3) is 0.364. The summed E-state index contributed by atoms with van der Waals surface area (Å²) < 4.78 is 7.41. The summed E-state index contributed by atoms with van der Waals surface area (Å²) in [4.78, 5) is 12.0. The Labute approximate surface area is 165 Å². The molecule has 1 heterocycles. The average Bonchev–Trinajstić information content (AvgIpc) is 2.94. The van der Waals surface area contributed by atoms with Gasteiger partial charge in [-0.3, -0.25) is 9.48 Å². The van der Waals surface area contributed by atoms with E-state index < -0.39 is 0 Å². The molecule has 0 N–H and O–H groups in total. The van der Waals surface area contributed by atoms with E-state index in [9.17, 15) is 4.79 Å². The normalized spacial score (nSPS) is 11.7. The highest BCUT2D eigenvalue weighted by atomic mass is 35.5. The van der Waals surface area contributed by atoms with E-state index in [2.05, 4.69) is 6.92 Å². The van der Waals surface area contributed by atoms with E-state index in [0.717, 1.165) is 35.1 Å². The summed E-state index contributed by atoms with van der Waals surface area (Å²) in [6.07, 6.45) is 1.35. The summed E-state index contributed by atoms with van der Waals surface area (Å²) in [6, 6.07) is 13.3. The maximum Gasteiger partial charge on any atom is 0.311 e. The van der Waals surface area contributed by atoms with Crippen molar-refractivity contribution in [2.75, 3.05) is 0 Å². The lowest BCUT2D eigenvalue weighted by Gasteiger charge is -2.16. The molecule has 0 unspecified atom stereocenters. The molecule has 0 saturated heterocycles. The van der Waals surface area contributed by atoms with Gasteiger partial charge in [0.15, 0.2) is 0 Å². The number of carbonyl (C=O) groups excluding carboxylic acids is 1. The van der Waals surface area contributed by atoms with Crippen LogP contribution in [0.1, 0.15) is 40.5 Å². The van der Waals surface area contributed by atoms with Crippen LogP contribution < -0.4 is 4.74 Å². The van der Waals surface area contributed by atoms with Crippen LogP contribution in [-0.4, -0.2) is 15.7 Å². The molecule has 4 nitrogen and oxygen atoms in total. The number of nitrogens with zero attached hydrogens (tertiary/aromatic N) is 2. The first-order valence-corrected chi connectivity index (χ1v) is 9.62. The van der Waals surface area contributed by atoms with Crippen molar-refractivity contribution < 1.29 is 9.53 Å². The van der Waals surface area contributed by atoms with Gasteiger partial charge in [-0.1, -0.05) is 51.4 Å².